The molecule has 0 saturated carbocycles. The van der Waals surface area contributed by atoms with E-state index in [0.717, 1.165) is 35.2 Å². The summed E-state index contributed by atoms with van der Waals surface area (Å²) in [5.74, 6) is 0.0994. The maximum absolute atomic E-state index is 12.4. The molecule has 148 valence electrons. The number of benzene rings is 2. The molecule has 1 N–H and O–H groups in total. The first-order valence-electron chi connectivity index (χ1n) is 9.81. The first-order valence-corrected chi connectivity index (χ1v) is 9.81. The Morgan fingerprint density at radius 3 is 2.38 bits per heavy atom. The van der Waals surface area contributed by atoms with E-state index in [1.165, 1.54) is 0 Å². The minimum absolute atomic E-state index is 0.0994. The summed E-state index contributed by atoms with van der Waals surface area (Å²) in [6.07, 6.45) is 1.14. The molecular weight excluding hydrogens is 366 g/mol. The van der Waals surface area contributed by atoms with Gasteiger partial charge in [-0.05, 0) is 30.4 Å². The second-order valence-electron chi connectivity index (χ2n) is 7.21. The van der Waals surface area contributed by atoms with Gasteiger partial charge in [0, 0.05) is 24.2 Å². The molecule has 1 saturated heterocycles. The van der Waals surface area contributed by atoms with Crippen LogP contribution in [0.3, 0.4) is 0 Å². The summed E-state index contributed by atoms with van der Waals surface area (Å²) in [5, 5.41) is 6.80. The highest BCUT2D eigenvalue weighted by Crippen LogP contribution is 2.28. The first kappa shape index (κ1) is 18.9. The van der Waals surface area contributed by atoms with Gasteiger partial charge in [-0.15, -0.1) is 0 Å². The van der Waals surface area contributed by atoms with E-state index in [1.54, 1.807) is 4.90 Å². The van der Waals surface area contributed by atoms with Crippen LogP contribution in [0.5, 0.6) is 0 Å². The molecule has 1 fully saturated rings. The van der Waals surface area contributed by atoms with Gasteiger partial charge in [-0.2, -0.15) is 5.10 Å². The minimum Gasteiger partial charge on any atom is -0.445 e. The van der Waals surface area contributed by atoms with Crippen molar-refractivity contribution in [2.45, 2.75) is 25.4 Å². The lowest BCUT2D eigenvalue weighted by Gasteiger charge is -2.31. The molecule has 0 atom stereocenters. The number of carbonyl (C=O) groups is 1. The third kappa shape index (κ3) is 4.54. The van der Waals surface area contributed by atoms with Crippen LogP contribution in [0.1, 0.15) is 29.9 Å². The fourth-order valence-corrected chi connectivity index (χ4v) is 3.66. The third-order valence-electron chi connectivity index (χ3n) is 5.30. The van der Waals surface area contributed by atoms with Crippen LogP contribution in [-0.4, -0.2) is 34.3 Å². The summed E-state index contributed by atoms with van der Waals surface area (Å²) in [6, 6.07) is 21.3. The Morgan fingerprint density at radius 1 is 1.03 bits per heavy atom. The monoisotopic (exact) mass is 389 g/mol. The van der Waals surface area contributed by atoms with E-state index in [2.05, 4.69) is 10.2 Å². The van der Waals surface area contributed by atoms with E-state index in [0.29, 0.717) is 13.1 Å². The van der Waals surface area contributed by atoms with Crippen molar-refractivity contribution in [2.24, 2.45) is 0 Å². The van der Waals surface area contributed by atoms with Crippen LogP contribution >= 0.6 is 0 Å². The van der Waals surface area contributed by atoms with Crippen molar-refractivity contribution >= 4 is 6.09 Å². The van der Waals surface area contributed by atoms with Gasteiger partial charge in [0.05, 0.1) is 5.69 Å². The quantitative estimate of drug-likeness (QED) is 0.733. The average Bonchev–Trinajstić information content (AvgIpc) is 2.79. The molecule has 3 aromatic rings. The molecule has 1 aliphatic rings. The van der Waals surface area contributed by atoms with Crippen molar-refractivity contribution in [2.75, 3.05) is 13.1 Å². The van der Waals surface area contributed by atoms with E-state index in [-0.39, 0.29) is 24.2 Å². The minimum atomic E-state index is -0.305. The average molecular weight is 389 g/mol. The maximum atomic E-state index is 12.4. The maximum Gasteiger partial charge on any atom is 0.410 e. The molecule has 2 aromatic carbocycles. The third-order valence-corrected chi connectivity index (χ3v) is 5.30. The molecule has 0 aliphatic carbocycles. The van der Waals surface area contributed by atoms with Crippen LogP contribution in [0.4, 0.5) is 4.79 Å². The Labute approximate surface area is 169 Å². The zero-order valence-corrected chi connectivity index (χ0v) is 16.1. The van der Waals surface area contributed by atoms with Crippen molar-refractivity contribution in [3.63, 3.8) is 0 Å². The van der Waals surface area contributed by atoms with Crippen molar-refractivity contribution in [3.8, 4) is 11.3 Å². The van der Waals surface area contributed by atoms with Gasteiger partial charge in [0.2, 0.25) is 0 Å². The number of aromatic nitrogens is 2. The molecule has 2 heterocycles. The fraction of sp³-hybridized carbons (Fsp3) is 0.261. The van der Waals surface area contributed by atoms with Gasteiger partial charge in [-0.25, -0.2) is 9.89 Å². The Kier molecular flexibility index (Phi) is 5.70. The zero-order valence-electron chi connectivity index (χ0n) is 16.1. The number of amides is 1. The molecule has 1 aromatic heterocycles. The molecule has 0 radical (unpaired) electrons. The van der Waals surface area contributed by atoms with Gasteiger partial charge >= 0.3 is 6.09 Å². The van der Waals surface area contributed by atoms with Crippen LogP contribution in [-0.2, 0) is 11.3 Å². The van der Waals surface area contributed by atoms with Crippen LogP contribution in [0.25, 0.3) is 11.3 Å². The molecule has 1 amide bonds. The Balaban J connectivity index is 1.38. The molecule has 0 bridgehead atoms. The first-order chi connectivity index (χ1) is 14.2. The summed E-state index contributed by atoms with van der Waals surface area (Å²) < 4.78 is 5.42. The van der Waals surface area contributed by atoms with Crippen LogP contribution in [0, 0.1) is 0 Å². The summed E-state index contributed by atoms with van der Waals surface area (Å²) in [5.41, 5.74) is 3.26. The Bertz CT molecular complexity index is 1010. The second kappa shape index (κ2) is 8.73. The second-order valence-corrected chi connectivity index (χ2v) is 7.21. The van der Waals surface area contributed by atoms with E-state index in [9.17, 15) is 9.59 Å². The normalized spacial score (nSPS) is 14.6. The Hall–Kier alpha value is -3.41. The largest absolute Gasteiger partial charge is 0.445 e. The number of hydrogen-bond donors (Lipinski definition) is 1. The number of aromatic amines is 1. The lowest BCUT2D eigenvalue weighted by atomic mass is 9.90. The van der Waals surface area contributed by atoms with Crippen molar-refractivity contribution in [1.82, 2.24) is 15.1 Å². The highest BCUT2D eigenvalue weighted by molar-refractivity contribution is 5.67. The fourth-order valence-electron chi connectivity index (χ4n) is 3.66. The highest BCUT2D eigenvalue weighted by Gasteiger charge is 2.26. The number of nitrogens with one attached hydrogen (secondary N) is 1. The lowest BCUT2D eigenvalue weighted by Crippen LogP contribution is -2.39. The highest BCUT2D eigenvalue weighted by atomic mass is 16.6. The smallest absolute Gasteiger partial charge is 0.410 e. The number of rotatable bonds is 4. The lowest BCUT2D eigenvalue weighted by molar-refractivity contribution is 0.0869. The molecular formula is C23H23N3O3. The summed E-state index contributed by atoms with van der Waals surface area (Å²) in [6.45, 7) is 1.41. The van der Waals surface area contributed by atoms with Gasteiger partial charge in [0.15, 0.2) is 0 Å². The number of carbonyl (C=O) groups excluding carboxylic acids is 1. The molecule has 1 aliphatic heterocycles. The number of nitrogens with zero attached hydrogens (tertiary/aromatic N) is 2. The van der Waals surface area contributed by atoms with Crippen molar-refractivity contribution in [3.05, 3.63) is 88.2 Å². The van der Waals surface area contributed by atoms with E-state index in [4.69, 9.17) is 4.74 Å². The van der Waals surface area contributed by atoms with Gasteiger partial charge < -0.3 is 9.64 Å². The van der Waals surface area contributed by atoms with E-state index < -0.39 is 0 Å². The topological polar surface area (TPSA) is 75.3 Å². The number of H-pyrrole nitrogens is 1. The van der Waals surface area contributed by atoms with Crippen LogP contribution in [0.15, 0.2) is 71.5 Å². The standard InChI is InChI=1S/C23H23N3O3/c27-22-20(15-21(24-25-22)19-9-5-2-6-10-19)18-11-13-26(14-12-18)23(28)29-16-17-7-3-1-4-8-17/h1-10,15,18H,11-14,16H2,(H,25,27). The summed E-state index contributed by atoms with van der Waals surface area (Å²) in [7, 11) is 0. The number of likely N-dealkylation sites (tertiary alicyclic amines) is 1. The van der Waals surface area contributed by atoms with Gasteiger partial charge in [0.25, 0.3) is 5.56 Å². The SMILES string of the molecule is O=C(OCc1ccccc1)N1CCC(c2cc(-c3ccccc3)n[nH]c2=O)CC1. The van der Waals surface area contributed by atoms with Gasteiger partial charge in [-0.3, -0.25) is 4.79 Å². The predicted molar refractivity (Wildman–Crippen MR) is 110 cm³/mol. The zero-order chi connectivity index (χ0) is 20.1. The van der Waals surface area contributed by atoms with E-state index in [1.807, 2.05) is 66.7 Å². The van der Waals surface area contributed by atoms with Crippen LogP contribution < -0.4 is 5.56 Å². The van der Waals surface area contributed by atoms with Crippen molar-refractivity contribution < 1.29 is 9.53 Å². The number of piperidine rings is 1. The number of hydrogen-bond acceptors (Lipinski definition) is 4. The number of ether oxygens (including phenoxy) is 1. The van der Waals surface area contributed by atoms with Gasteiger partial charge in [-0.1, -0.05) is 60.7 Å². The van der Waals surface area contributed by atoms with E-state index >= 15 is 0 Å². The van der Waals surface area contributed by atoms with Crippen LogP contribution in [0.2, 0.25) is 0 Å². The Morgan fingerprint density at radius 2 is 1.69 bits per heavy atom. The molecule has 6 heteroatoms. The molecule has 29 heavy (non-hydrogen) atoms. The summed E-state index contributed by atoms with van der Waals surface area (Å²) >= 11 is 0. The van der Waals surface area contributed by atoms with Crippen molar-refractivity contribution in [1.29, 1.82) is 0 Å². The molecule has 0 spiro atoms. The predicted octanol–water partition coefficient (Wildman–Crippen LogP) is 3.95. The molecule has 4 rings (SSSR count). The molecule has 6 nitrogen and oxygen atoms in total. The molecule has 0 unspecified atom stereocenters. The van der Waals surface area contributed by atoms with Gasteiger partial charge in [0.1, 0.15) is 6.61 Å². The summed E-state index contributed by atoms with van der Waals surface area (Å²) in [4.78, 5) is 26.4.